The Balaban J connectivity index is 1.96. The predicted octanol–water partition coefficient (Wildman–Crippen LogP) is 2.97. The summed E-state index contributed by atoms with van der Waals surface area (Å²) >= 11 is 5.62. The summed E-state index contributed by atoms with van der Waals surface area (Å²) in [4.78, 5) is 10.8. The monoisotopic (exact) mass is 383 g/mol. The first-order valence-corrected chi connectivity index (χ1v) is 9.42. The van der Waals surface area contributed by atoms with E-state index in [0.29, 0.717) is 12.8 Å². The molecular formula is C17H15ClFNO4S. The third-order valence-corrected chi connectivity index (χ3v) is 6.51. The van der Waals surface area contributed by atoms with Crippen molar-refractivity contribution in [2.75, 3.05) is 13.1 Å². The van der Waals surface area contributed by atoms with Gasteiger partial charge in [0.05, 0.1) is 15.5 Å². The standard InChI is InChI=1S/C17H15ClFNO4S/c18-16-14(17(21)22)9-13(10-15(16)19)25(23,24)20-7-5-11-3-1-2-4-12(11)6-8-20/h1-4,9-10H,5-8H2,(H,21,22). The molecule has 1 N–H and O–H groups in total. The minimum absolute atomic E-state index is 0.242. The van der Waals surface area contributed by atoms with Crippen molar-refractivity contribution >= 4 is 27.6 Å². The summed E-state index contributed by atoms with van der Waals surface area (Å²) in [6, 6.07) is 9.38. The van der Waals surface area contributed by atoms with Gasteiger partial charge in [-0.15, -0.1) is 0 Å². The first kappa shape index (κ1) is 17.8. The van der Waals surface area contributed by atoms with Crippen LogP contribution in [0, 0.1) is 5.82 Å². The lowest BCUT2D eigenvalue weighted by molar-refractivity contribution is 0.0696. The van der Waals surface area contributed by atoms with Gasteiger partial charge in [-0.25, -0.2) is 17.6 Å². The molecule has 0 radical (unpaired) electrons. The highest BCUT2D eigenvalue weighted by Crippen LogP contribution is 2.27. The molecule has 2 aromatic rings. The van der Waals surface area contributed by atoms with E-state index in [-0.39, 0.29) is 13.1 Å². The molecule has 1 aliphatic heterocycles. The molecule has 2 aromatic carbocycles. The molecular weight excluding hydrogens is 369 g/mol. The van der Waals surface area contributed by atoms with E-state index in [1.165, 1.54) is 4.31 Å². The number of sulfonamides is 1. The van der Waals surface area contributed by atoms with Crippen molar-refractivity contribution in [2.24, 2.45) is 0 Å². The summed E-state index contributed by atoms with van der Waals surface area (Å²) < 4.78 is 40.9. The van der Waals surface area contributed by atoms with E-state index in [2.05, 4.69) is 0 Å². The second-order valence-electron chi connectivity index (χ2n) is 5.74. The zero-order valence-corrected chi connectivity index (χ0v) is 14.6. The highest BCUT2D eigenvalue weighted by atomic mass is 35.5. The van der Waals surface area contributed by atoms with Crippen LogP contribution in [0.3, 0.4) is 0 Å². The van der Waals surface area contributed by atoms with Crippen molar-refractivity contribution < 1.29 is 22.7 Å². The van der Waals surface area contributed by atoms with Crippen molar-refractivity contribution in [3.63, 3.8) is 0 Å². The van der Waals surface area contributed by atoms with Gasteiger partial charge in [0.25, 0.3) is 0 Å². The topological polar surface area (TPSA) is 74.7 Å². The first-order chi connectivity index (χ1) is 11.8. The summed E-state index contributed by atoms with van der Waals surface area (Å²) in [7, 11) is -4.03. The van der Waals surface area contributed by atoms with Gasteiger partial charge in [0.2, 0.25) is 10.0 Å². The normalized spacial score (nSPS) is 15.4. The molecule has 1 heterocycles. The Labute approximate surface area is 149 Å². The van der Waals surface area contributed by atoms with E-state index >= 15 is 0 Å². The number of hydrogen-bond donors (Lipinski definition) is 1. The summed E-state index contributed by atoms with van der Waals surface area (Å²) in [5, 5.41) is 8.49. The third kappa shape index (κ3) is 3.40. The van der Waals surface area contributed by atoms with Crippen LogP contribution in [0.25, 0.3) is 0 Å². The summed E-state index contributed by atoms with van der Waals surface area (Å²) in [6.45, 7) is 0.484. The zero-order chi connectivity index (χ0) is 18.2. The Morgan fingerprint density at radius 3 is 2.20 bits per heavy atom. The molecule has 8 heteroatoms. The lowest BCUT2D eigenvalue weighted by atomic mass is 10.0. The Bertz CT molecular complexity index is 919. The Hall–Kier alpha value is -1.96. The number of rotatable bonds is 3. The van der Waals surface area contributed by atoms with Crippen LogP contribution in [0.2, 0.25) is 5.02 Å². The maximum atomic E-state index is 13.9. The molecule has 0 unspecified atom stereocenters. The van der Waals surface area contributed by atoms with E-state index in [1.807, 2.05) is 24.3 Å². The number of hydrogen-bond acceptors (Lipinski definition) is 3. The van der Waals surface area contributed by atoms with Gasteiger partial charge in [-0.3, -0.25) is 0 Å². The highest BCUT2D eigenvalue weighted by molar-refractivity contribution is 7.89. The minimum atomic E-state index is -4.03. The molecule has 0 bridgehead atoms. The Morgan fingerprint density at radius 1 is 1.12 bits per heavy atom. The molecule has 0 fully saturated rings. The van der Waals surface area contributed by atoms with Gasteiger partial charge in [0.15, 0.2) is 0 Å². The van der Waals surface area contributed by atoms with E-state index in [0.717, 1.165) is 23.3 Å². The molecule has 0 spiro atoms. The number of carboxylic acid groups (broad SMARTS) is 1. The molecule has 0 aromatic heterocycles. The lowest BCUT2D eigenvalue weighted by Crippen LogP contribution is -2.33. The summed E-state index contributed by atoms with van der Waals surface area (Å²) in [5.74, 6) is -2.55. The van der Waals surface area contributed by atoms with Gasteiger partial charge in [-0.2, -0.15) is 4.31 Å². The highest BCUT2D eigenvalue weighted by Gasteiger charge is 2.29. The Kier molecular flexibility index (Phi) is 4.81. The number of nitrogens with zero attached hydrogens (tertiary/aromatic N) is 1. The number of aromatic carboxylic acids is 1. The molecule has 0 amide bonds. The predicted molar refractivity (Wildman–Crippen MR) is 91.0 cm³/mol. The van der Waals surface area contributed by atoms with Crippen molar-refractivity contribution in [1.29, 1.82) is 0 Å². The van der Waals surface area contributed by atoms with Crippen LogP contribution in [-0.2, 0) is 22.9 Å². The average molecular weight is 384 g/mol. The fourth-order valence-electron chi connectivity index (χ4n) is 2.91. The lowest BCUT2D eigenvalue weighted by Gasteiger charge is -2.20. The van der Waals surface area contributed by atoms with Crippen LogP contribution >= 0.6 is 11.6 Å². The molecule has 0 atom stereocenters. The van der Waals surface area contributed by atoms with Gasteiger partial charge in [0, 0.05) is 13.1 Å². The van der Waals surface area contributed by atoms with Crippen LogP contribution in [0.15, 0.2) is 41.3 Å². The molecule has 25 heavy (non-hydrogen) atoms. The van der Waals surface area contributed by atoms with Gasteiger partial charge < -0.3 is 5.11 Å². The van der Waals surface area contributed by atoms with Crippen LogP contribution < -0.4 is 0 Å². The van der Waals surface area contributed by atoms with Gasteiger partial charge in [0.1, 0.15) is 5.82 Å². The minimum Gasteiger partial charge on any atom is -0.478 e. The van der Waals surface area contributed by atoms with E-state index in [4.69, 9.17) is 16.7 Å². The van der Waals surface area contributed by atoms with Crippen LogP contribution in [0.4, 0.5) is 4.39 Å². The van der Waals surface area contributed by atoms with E-state index in [9.17, 15) is 17.6 Å². The third-order valence-electron chi connectivity index (χ3n) is 4.25. The fraction of sp³-hybridized carbons (Fsp3) is 0.235. The van der Waals surface area contributed by atoms with Crippen molar-refractivity contribution in [3.8, 4) is 0 Å². The van der Waals surface area contributed by atoms with E-state index < -0.39 is 37.3 Å². The summed E-state index contributed by atoms with van der Waals surface area (Å²) in [5.41, 5.74) is 1.58. The number of carboxylic acids is 1. The van der Waals surface area contributed by atoms with Crippen molar-refractivity contribution in [3.05, 3.63) is 63.9 Å². The maximum absolute atomic E-state index is 13.9. The van der Waals surface area contributed by atoms with Gasteiger partial charge in [-0.05, 0) is 36.1 Å². The first-order valence-electron chi connectivity index (χ1n) is 7.60. The van der Waals surface area contributed by atoms with Crippen LogP contribution in [-0.4, -0.2) is 36.9 Å². The molecule has 5 nitrogen and oxygen atoms in total. The molecule has 0 saturated carbocycles. The van der Waals surface area contributed by atoms with Crippen LogP contribution in [0.1, 0.15) is 21.5 Å². The smallest absolute Gasteiger partial charge is 0.337 e. The number of benzene rings is 2. The number of halogens is 2. The second kappa shape index (κ2) is 6.74. The van der Waals surface area contributed by atoms with Crippen molar-refractivity contribution in [1.82, 2.24) is 4.31 Å². The Morgan fingerprint density at radius 2 is 1.68 bits per heavy atom. The SMILES string of the molecule is O=C(O)c1cc(S(=O)(=O)N2CCc3ccccc3CC2)cc(F)c1Cl. The average Bonchev–Trinajstić information content (AvgIpc) is 2.79. The van der Waals surface area contributed by atoms with Crippen molar-refractivity contribution in [2.45, 2.75) is 17.7 Å². The van der Waals surface area contributed by atoms with Gasteiger partial charge in [-0.1, -0.05) is 35.9 Å². The fourth-order valence-corrected chi connectivity index (χ4v) is 4.58. The molecule has 3 rings (SSSR count). The molecule has 0 saturated heterocycles. The molecule has 132 valence electrons. The largest absolute Gasteiger partial charge is 0.478 e. The molecule has 0 aliphatic carbocycles. The zero-order valence-electron chi connectivity index (χ0n) is 13.1. The maximum Gasteiger partial charge on any atom is 0.337 e. The van der Waals surface area contributed by atoms with E-state index in [1.54, 1.807) is 0 Å². The van der Waals surface area contributed by atoms with Gasteiger partial charge >= 0.3 is 5.97 Å². The quantitative estimate of drug-likeness (QED) is 0.884. The number of carbonyl (C=O) groups is 1. The van der Waals surface area contributed by atoms with Crippen LogP contribution in [0.5, 0.6) is 0 Å². The number of fused-ring (bicyclic) bond motifs is 1. The molecule has 1 aliphatic rings. The second-order valence-corrected chi connectivity index (χ2v) is 8.06. The summed E-state index contributed by atoms with van der Waals surface area (Å²) in [6.07, 6.45) is 1.08.